The van der Waals surface area contributed by atoms with Gasteiger partial charge < -0.3 is 15.2 Å². The van der Waals surface area contributed by atoms with E-state index in [-0.39, 0.29) is 6.04 Å². The highest BCUT2D eigenvalue weighted by Gasteiger charge is 2.13. The van der Waals surface area contributed by atoms with Gasteiger partial charge in [0.1, 0.15) is 0 Å². The molecule has 0 spiro atoms. The van der Waals surface area contributed by atoms with E-state index in [2.05, 4.69) is 10.00 Å². The molecular weight excluding hydrogens is 232 g/mol. The third kappa shape index (κ3) is 5.14. The molecule has 0 bridgehead atoms. The first kappa shape index (κ1) is 15.1. The molecule has 0 fully saturated rings. The molecule has 0 aromatic carbocycles. The van der Waals surface area contributed by atoms with Gasteiger partial charge in [-0.05, 0) is 0 Å². The van der Waals surface area contributed by atoms with Gasteiger partial charge in [-0.25, -0.2) is 0 Å². The van der Waals surface area contributed by atoms with E-state index in [1.54, 1.807) is 18.9 Å². The van der Waals surface area contributed by atoms with Crippen molar-refractivity contribution in [3.63, 3.8) is 0 Å². The van der Waals surface area contributed by atoms with Crippen molar-refractivity contribution >= 4 is 0 Å². The summed E-state index contributed by atoms with van der Waals surface area (Å²) >= 11 is 0. The summed E-state index contributed by atoms with van der Waals surface area (Å²) in [4.78, 5) is 2.24. The second kappa shape index (κ2) is 8.20. The largest absolute Gasteiger partial charge is 0.383 e. The van der Waals surface area contributed by atoms with Crippen LogP contribution in [0.4, 0.5) is 0 Å². The summed E-state index contributed by atoms with van der Waals surface area (Å²) in [6, 6.07) is -0.0348. The van der Waals surface area contributed by atoms with Crippen molar-refractivity contribution in [3.05, 3.63) is 18.0 Å². The summed E-state index contributed by atoms with van der Waals surface area (Å²) in [5.74, 6) is 0. The van der Waals surface area contributed by atoms with Gasteiger partial charge in [-0.3, -0.25) is 9.58 Å². The number of nitrogens with zero attached hydrogens (tertiary/aromatic N) is 3. The minimum Gasteiger partial charge on any atom is -0.383 e. The van der Waals surface area contributed by atoms with Crippen molar-refractivity contribution in [2.24, 2.45) is 12.8 Å². The number of hydrogen-bond donors (Lipinski definition) is 1. The quantitative estimate of drug-likeness (QED) is 0.674. The number of aromatic nitrogens is 2. The van der Waals surface area contributed by atoms with Gasteiger partial charge in [-0.2, -0.15) is 5.10 Å². The van der Waals surface area contributed by atoms with E-state index in [9.17, 15) is 0 Å². The van der Waals surface area contributed by atoms with Crippen LogP contribution in [-0.2, 0) is 16.5 Å². The molecule has 1 aromatic heterocycles. The number of hydrogen-bond acceptors (Lipinski definition) is 5. The van der Waals surface area contributed by atoms with Crippen molar-refractivity contribution in [2.45, 2.75) is 6.04 Å². The molecule has 0 aliphatic rings. The highest BCUT2D eigenvalue weighted by atomic mass is 16.5. The Morgan fingerprint density at radius 2 is 1.94 bits per heavy atom. The van der Waals surface area contributed by atoms with Crippen molar-refractivity contribution in [1.29, 1.82) is 0 Å². The average Bonchev–Trinajstić information content (AvgIpc) is 2.79. The fraction of sp³-hybridized carbons (Fsp3) is 0.750. The molecule has 6 heteroatoms. The standard InChI is InChI=1S/C12H24N4O2/c1-15-9-11(8-14-15)12(13)10-16(4-6-17-2)5-7-18-3/h8-9,12H,4-7,10,13H2,1-3H3. The number of methoxy groups -OCH3 is 2. The maximum absolute atomic E-state index is 6.18. The van der Waals surface area contributed by atoms with Gasteiger partial charge in [0.2, 0.25) is 0 Å². The summed E-state index contributed by atoms with van der Waals surface area (Å²) in [5.41, 5.74) is 7.23. The summed E-state index contributed by atoms with van der Waals surface area (Å²) in [5, 5.41) is 4.14. The van der Waals surface area contributed by atoms with Gasteiger partial charge in [0, 0.05) is 58.7 Å². The van der Waals surface area contributed by atoms with Crippen LogP contribution in [0.3, 0.4) is 0 Å². The first-order valence-electron chi connectivity index (χ1n) is 6.11. The van der Waals surface area contributed by atoms with Crippen LogP contribution < -0.4 is 5.73 Å². The molecule has 0 saturated carbocycles. The molecule has 0 radical (unpaired) electrons. The predicted octanol–water partition coefficient (Wildman–Crippen LogP) is 0.0147. The van der Waals surface area contributed by atoms with Gasteiger partial charge in [-0.15, -0.1) is 0 Å². The Hall–Kier alpha value is -0.950. The number of ether oxygens (including phenoxy) is 2. The molecule has 1 heterocycles. The maximum atomic E-state index is 6.18. The van der Waals surface area contributed by atoms with Gasteiger partial charge in [-0.1, -0.05) is 0 Å². The maximum Gasteiger partial charge on any atom is 0.0589 e. The monoisotopic (exact) mass is 256 g/mol. The molecule has 1 atom stereocenters. The van der Waals surface area contributed by atoms with E-state index in [0.29, 0.717) is 13.2 Å². The second-order valence-corrected chi connectivity index (χ2v) is 4.34. The molecule has 104 valence electrons. The van der Waals surface area contributed by atoms with Crippen molar-refractivity contribution in [1.82, 2.24) is 14.7 Å². The van der Waals surface area contributed by atoms with Gasteiger partial charge in [0.05, 0.1) is 19.4 Å². The smallest absolute Gasteiger partial charge is 0.0589 e. The van der Waals surface area contributed by atoms with E-state index >= 15 is 0 Å². The van der Waals surface area contributed by atoms with Crippen LogP contribution in [0.25, 0.3) is 0 Å². The molecule has 0 saturated heterocycles. The normalized spacial score (nSPS) is 13.2. The van der Waals surface area contributed by atoms with Crippen LogP contribution in [0.15, 0.2) is 12.4 Å². The summed E-state index contributed by atoms with van der Waals surface area (Å²) in [6.45, 7) is 3.88. The van der Waals surface area contributed by atoms with Crippen LogP contribution in [0, 0.1) is 0 Å². The van der Waals surface area contributed by atoms with E-state index in [0.717, 1.165) is 25.2 Å². The first-order valence-corrected chi connectivity index (χ1v) is 6.11. The average molecular weight is 256 g/mol. The molecule has 1 aromatic rings. The Bertz CT molecular complexity index is 322. The van der Waals surface area contributed by atoms with Crippen molar-refractivity contribution in [3.8, 4) is 0 Å². The van der Waals surface area contributed by atoms with Crippen molar-refractivity contribution in [2.75, 3.05) is 47.1 Å². The van der Waals surface area contributed by atoms with E-state index < -0.39 is 0 Å². The van der Waals surface area contributed by atoms with E-state index in [4.69, 9.17) is 15.2 Å². The van der Waals surface area contributed by atoms with Crippen LogP contribution in [0.1, 0.15) is 11.6 Å². The zero-order chi connectivity index (χ0) is 13.4. The molecule has 0 aliphatic carbocycles. The molecule has 18 heavy (non-hydrogen) atoms. The van der Waals surface area contributed by atoms with Gasteiger partial charge in [0.25, 0.3) is 0 Å². The Kier molecular flexibility index (Phi) is 6.89. The Morgan fingerprint density at radius 3 is 2.39 bits per heavy atom. The van der Waals surface area contributed by atoms with Gasteiger partial charge in [0.15, 0.2) is 0 Å². The molecule has 1 unspecified atom stereocenters. The Balaban J connectivity index is 2.47. The van der Waals surface area contributed by atoms with Gasteiger partial charge >= 0.3 is 0 Å². The molecular formula is C12H24N4O2. The number of rotatable bonds is 9. The van der Waals surface area contributed by atoms with E-state index in [1.807, 2.05) is 19.4 Å². The lowest BCUT2D eigenvalue weighted by Gasteiger charge is -2.24. The first-order chi connectivity index (χ1) is 8.67. The highest BCUT2D eigenvalue weighted by Crippen LogP contribution is 2.10. The predicted molar refractivity (Wildman–Crippen MR) is 70.3 cm³/mol. The summed E-state index contributed by atoms with van der Waals surface area (Å²) in [7, 11) is 5.30. The fourth-order valence-electron chi connectivity index (χ4n) is 1.75. The Morgan fingerprint density at radius 1 is 1.33 bits per heavy atom. The Labute approximate surface area is 109 Å². The second-order valence-electron chi connectivity index (χ2n) is 4.34. The minimum atomic E-state index is -0.0348. The molecule has 1 rings (SSSR count). The van der Waals surface area contributed by atoms with Crippen LogP contribution >= 0.6 is 0 Å². The lowest BCUT2D eigenvalue weighted by atomic mass is 10.1. The van der Waals surface area contributed by atoms with Crippen molar-refractivity contribution < 1.29 is 9.47 Å². The zero-order valence-corrected chi connectivity index (χ0v) is 11.5. The third-order valence-corrected chi connectivity index (χ3v) is 2.83. The topological polar surface area (TPSA) is 65.5 Å². The molecule has 0 aliphatic heterocycles. The lowest BCUT2D eigenvalue weighted by molar-refractivity contribution is 0.110. The highest BCUT2D eigenvalue weighted by molar-refractivity contribution is 5.09. The molecule has 6 nitrogen and oxygen atoms in total. The zero-order valence-electron chi connectivity index (χ0n) is 11.5. The SMILES string of the molecule is COCCN(CCOC)CC(N)c1cnn(C)c1. The van der Waals surface area contributed by atoms with E-state index in [1.165, 1.54) is 0 Å². The number of aryl methyl sites for hydroxylation is 1. The van der Waals surface area contributed by atoms with Crippen LogP contribution in [0.2, 0.25) is 0 Å². The molecule has 0 amide bonds. The lowest BCUT2D eigenvalue weighted by Crippen LogP contribution is -2.36. The third-order valence-electron chi connectivity index (χ3n) is 2.83. The summed E-state index contributed by atoms with van der Waals surface area (Å²) < 4.78 is 12.0. The number of nitrogens with two attached hydrogens (primary N) is 1. The van der Waals surface area contributed by atoms with Crippen LogP contribution in [0.5, 0.6) is 0 Å². The van der Waals surface area contributed by atoms with Crippen LogP contribution in [-0.4, -0.2) is 61.7 Å². The summed E-state index contributed by atoms with van der Waals surface area (Å²) in [6.07, 6.45) is 3.77. The minimum absolute atomic E-state index is 0.0348. The fourth-order valence-corrected chi connectivity index (χ4v) is 1.75. The molecule has 2 N–H and O–H groups in total.